The molecule has 1 aliphatic heterocycles. The van der Waals surface area contributed by atoms with Gasteiger partial charge in [-0.25, -0.2) is 0 Å². The molecule has 0 spiro atoms. The smallest absolute Gasteiger partial charge is 0.0678 e. The van der Waals surface area contributed by atoms with Crippen molar-refractivity contribution in [1.29, 1.82) is 0 Å². The van der Waals surface area contributed by atoms with E-state index in [1.165, 1.54) is 23.3 Å². The lowest BCUT2D eigenvalue weighted by Gasteiger charge is -2.39. The van der Waals surface area contributed by atoms with Crippen LogP contribution in [-0.2, 0) is 16.2 Å². The zero-order valence-electron chi connectivity index (χ0n) is 16.1. The molecule has 0 aromatic heterocycles. The SMILES string of the molecule is C[C@@H]1CN(C[Si](C)(C)Cc2ccc(C(C)(C)C)cc2)C[C@H](C)O1. The first-order valence-corrected chi connectivity index (χ1v) is 12.4. The minimum Gasteiger partial charge on any atom is -0.373 e. The van der Waals surface area contributed by atoms with Crippen LogP contribution in [0.15, 0.2) is 24.3 Å². The van der Waals surface area contributed by atoms with Gasteiger partial charge >= 0.3 is 0 Å². The van der Waals surface area contributed by atoms with Gasteiger partial charge in [0, 0.05) is 13.1 Å². The predicted molar refractivity (Wildman–Crippen MR) is 103 cm³/mol. The van der Waals surface area contributed by atoms with E-state index in [0.717, 1.165) is 13.1 Å². The molecule has 2 rings (SSSR count). The molecule has 0 N–H and O–H groups in total. The molecule has 3 heteroatoms. The molecule has 0 radical (unpaired) electrons. The zero-order chi connectivity index (χ0) is 17.3. The Bertz CT molecular complexity index is 493. The third kappa shape index (κ3) is 5.73. The third-order valence-electron chi connectivity index (χ3n) is 4.65. The number of hydrogen-bond donors (Lipinski definition) is 0. The second kappa shape index (κ2) is 7.08. The van der Waals surface area contributed by atoms with Crippen LogP contribution in [-0.4, -0.2) is 44.4 Å². The van der Waals surface area contributed by atoms with E-state index >= 15 is 0 Å². The molecular weight excluding hydrogens is 298 g/mol. The van der Waals surface area contributed by atoms with Crippen molar-refractivity contribution < 1.29 is 4.74 Å². The summed E-state index contributed by atoms with van der Waals surface area (Å²) < 4.78 is 5.87. The minimum absolute atomic E-state index is 0.242. The van der Waals surface area contributed by atoms with Crippen LogP contribution in [0.4, 0.5) is 0 Å². The first-order valence-electron chi connectivity index (χ1n) is 9.02. The molecule has 130 valence electrons. The molecule has 1 aromatic rings. The van der Waals surface area contributed by atoms with E-state index in [1.807, 2.05) is 0 Å². The molecule has 1 saturated heterocycles. The summed E-state index contributed by atoms with van der Waals surface area (Å²) in [7, 11) is -1.28. The van der Waals surface area contributed by atoms with Crippen molar-refractivity contribution in [2.45, 2.75) is 71.4 Å². The number of ether oxygens (including phenoxy) is 1. The van der Waals surface area contributed by atoms with Crippen LogP contribution in [0.1, 0.15) is 45.7 Å². The molecule has 0 amide bonds. The first-order chi connectivity index (χ1) is 10.5. The standard InChI is InChI=1S/C20H35NOSi/c1-16-12-21(13-17(2)22-16)15-23(6,7)14-18-8-10-19(11-9-18)20(3,4)5/h8-11,16-17H,12-15H2,1-7H3/t16-,17+. The average molecular weight is 334 g/mol. The fourth-order valence-electron chi connectivity index (χ4n) is 3.75. The fourth-order valence-corrected chi connectivity index (χ4v) is 6.67. The molecule has 0 aliphatic carbocycles. The van der Waals surface area contributed by atoms with Gasteiger partial charge in [0.2, 0.25) is 0 Å². The van der Waals surface area contributed by atoms with Gasteiger partial charge in [-0.3, -0.25) is 0 Å². The maximum Gasteiger partial charge on any atom is 0.0678 e. The van der Waals surface area contributed by atoms with Crippen LogP contribution in [0, 0.1) is 0 Å². The van der Waals surface area contributed by atoms with Crippen molar-refractivity contribution in [1.82, 2.24) is 4.90 Å². The Morgan fingerprint density at radius 1 is 1.04 bits per heavy atom. The highest BCUT2D eigenvalue weighted by atomic mass is 28.3. The number of hydrogen-bond acceptors (Lipinski definition) is 2. The van der Waals surface area contributed by atoms with E-state index in [1.54, 1.807) is 0 Å². The molecule has 0 saturated carbocycles. The summed E-state index contributed by atoms with van der Waals surface area (Å²) in [6.07, 6.45) is 2.01. The van der Waals surface area contributed by atoms with Gasteiger partial charge in [-0.2, -0.15) is 0 Å². The average Bonchev–Trinajstić information content (AvgIpc) is 2.35. The molecule has 1 heterocycles. The third-order valence-corrected chi connectivity index (χ3v) is 7.32. The molecule has 1 aromatic carbocycles. The van der Waals surface area contributed by atoms with Gasteiger partial charge in [-0.1, -0.05) is 63.7 Å². The molecular formula is C20H35NOSi. The maximum absolute atomic E-state index is 5.87. The predicted octanol–water partition coefficient (Wildman–Crippen LogP) is 4.42. The van der Waals surface area contributed by atoms with E-state index in [4.69, 9.17) is 4.74 Å². The topological polar surface area (TPSA) is 12.5 Å². The summed E-state index contributed by atoms with van der Waals surface area (Å²) in [6.45, 7) is 18.5. The molecule has 0 bridgehead atoms. The van der Waals surface area contributed by atoms with Crippen LogP contribution in [0.5, 0.6) is 0 Å². The Balaban J connectivity index is 1.97. The summed E-state index contributed by atoms with van der Waals surface area (Å²) in [5.74, 6) is 0. The van der Waals surface area contributed by atoms with Crippen molar-refractivity contribution in [3.8, 4) is 0 Å². The molecule has 0 unspecified atom stereocenters. The van der Waals surface area contributed by atoms with Gasteiger partial charge in [0.15, 0.2) is 0 Å². The molecule has 1 aliphatic rings. The van der Waals surface area contributed by atoms with Crippen molar-refractivity contribution in [3.63, 3.8) is 0 Å². The summed E-state index contributed by atoms with van der Waals surface area (Å²) in [4.78, 5) is 2.63. The summed E-state index contributed by atoms with van der Waals surface area (Å²) in [6, 6.07) is 10.6. The Morgan fingerprint density at radius 2 is 1.57 bits per heavy atom. The van der Waals surface area contributed by atoms with Gasteiger partial charge < -0.3 is 9.64 Å². The van der Waals surface area contributed by atoms with Crippen LogP contribution in [0.3, 0.4) is 0 Å². The minimum atomic E-state index is -1.28. The Labute approximate surface area is 144 Å². The summed E-state index contributed by atoms with van der Waals surface area (Å²) in [5.41, 5.74) is 3.17. The van der Waals surface area contributed by atoms with Crippen LogP contribution >= 0.6 is 0 Å². The monoisotopic (exact) mass is 333 g/mol. The lowest BCUT2D eigenvalue weighted by atomic mass is 9.87. The van der Waals surface area contributed by atoms with Gasteiger partial charge in [-0.15, -0.1) is 0 Å². The lowest BCUT2D eigenvalue weighted by Crippen LogP contribution is -2.52. The van der Waals surface area contributed by atoms with Gasteiger partial charge in [0.1, 0.15) is 0 Å². The van der Waals surface area contributed by atoms with Crippen LogP contribution in [0.25, 0.3) is 0 Å². The highest BCUT2D eigenvalue weighted by molar-refractivity contribution is 6.77. The number of benzene rings is 1. The van der Waals surface area contributed by atoms with E-state index in [-0.39, 0.29) is 5.41 Å². The molecule has 2 nitrogen and oxygen atoms in total. The summed E-state index contributed by atoms with van der Waals surface area (Å²) in [5, 5.41) is 0. The van der Waals surface area contributed by atoms with Crippen LogP contribution in [0.2, 0.25) is 13.1 Å². The lowest BCUT2D eigenvalue weighted by molar-refractivity contribution is -0.0633. The van der Waals surface area contributed by atoms with Crippen LogP contribution < -0.4 is 0 Å². The van der Waals surface area contributed by atoms with E-state index < -0.39 is 8.07 Å². The maximum atomic E-state index is 5.87. The van der Waals surface area contributed by atoms with Crippen molar-refractivity contribution >= 4 is 8.07 Å². The number of rotatable bonds is 4. The quantitative estimate of drug-likeness (QED) is 0.756. The second-order valence-corrected chi connectivity index (χ2v) is 14.2. The number of morpholine rings is 1. The van der Waals surface area contributed by atoms with Gasteiger partial charge in [0.25, 0.3) is 0 Å². The van der Waals surface area contributed by atoms with Crippen molar-refractivity contribution in [3.05, 3.63) is 35.4 Å². The first kappa shape index (κ1) is 18.7. The second-order valence-electron chi connectivity index (χ2n) is 9.24. The highest BCUT2D eigenvalue weighted by Gasteiger charge is 2.29. The molecule has 2 atom stereocenters. The van der Waals surface area contributed by atoms with Gasteiger partial charge in [-0.05, 0) is 37.0 Å². The zero-order valence-corrected chi connectivity index (χ0v) is 17.1. The van der Waals surface area contributed by atoms with E-state index in [2.05, 4.69) is 76.9 Å². The molecule has 23 heavy (non-hydrogen) atoms. The highest BCUT2D eigenvalue weighted by Crippen LogP contribution is 2.24. The normalized spacial score (nSPS) is 24.0. The molecule has 1 fully saturated rings. The van der Waals surface area contributed by atoms with E-state index in [9.17, 15) is 0 Å². The Morgan fingerprint density at radius 3 is 2.04 bits per heavy atom. The Kier molecular flexibility index (Phi) is 5.75. The van der Waals surface area contributed by atoms with Crippen molar-refractivity contribution in [2.75, 3.05) is 19.3 Å². The largest absolute Gasteiger partial charge is 0.373 e. The van der Waals surface area contributed by atoms with Gasteiger partial charge in [0.05, 0.1) is 20.3 Å². The summed E-state index contributed by atoms with van der Waals surface area (Å²) >= 11 is 0. The van der Waals surface area contributed by atoms with Crippen molar-refractivity contribution in [2.24, 2.45) is 0 Å². The fraction of sp³-hybridized carbons (Fsp3) is 0.700. The number of nitrogens with zero attached hydrogens (tertiary/aromatic N) is 1. The Hall–Kier alpha value is -0.643. The van der Waals surface area contributed by atoms with E-state index in [0.29, 0.717) is 12.2 Å².